The van der Waals surface area contributed by atoms with Crippen molar-refractivity contribution in [2.75, 3.05) is 6.26 Å². The van der Waals surface area contributed by atoms with E-state index in [1.807, 2.05) is 18.2 Å². The summed E-state index contributed by atoms with van der Waals surface area (Å²) in [7, 11) is 0. The Morgan fingerprint density at radius 3 is 3.04 bits per heavy atom. The minimum Gasteiger partial charge on any atom is -0.317 e. The number of hydrogen-bond donors (Lipinski definition) is 1. The normalized spacial score (nSPS) is 19.2. The van der Waals surface area contributed by atoms with Crippen LogP contribution in [0.5, 0.6) is 0 Å². The van der Waals surface area contributed by atoms with Crippen molar-refractivity contribution in [3.63, 3.8) is 0 Å². The van der Waals surface area contributed by atoms with Crippen molar-refractivity contribution in [3.05, 3.63) is 58.6 Å². The highest BCUT2D eigenvalue weighted by Crippen LogP contribution is 2.37. The second kappa shape index (κ2) is 5.79. The van der Waals surface area contributed by atoms with Crippen LogP contribution >= 0.6 is 23.1 Å². The molecule has 0 saturated carbocycles. The Balaban J connectivity index is 1.76. The van der Waals surface area contributed by atoms with Gasteiger partial charge in [0.25, 0.3) is 5.24 Å². The Bertz CT molecular complexity index is 888. The molecule has 1 unspecified atom stereocenters. The molecule has 0 bridgehead atoms. The summed E-state index contributed by atoms with van der Waals surface area (Å²) in [5, 5.41) is 12.4. The molecule has 1 aliphatic heterocycles. The number of allylic oxidation sites excluding steroid dienone is 3. The number of hydrogen-bond acceptors (Lipinski definition) is 5. The standard InChI is InChI=1S/C17H13N3OS2/c1-22-17(21)19-12-6-11-9-18-20-16(11)13(8-12)15-7-10-4-2-3-5-14(10)23-15/h2-9,13H,1H3,(H,19,21). The fourth-order valence-corrected chi connectivity index (χ4v) is 4.08. The summed E-state index contributed by atoms with van der Waals surface area (Å²) >= 11 is 2.92. The summed E-state index contributed by atoms with van der Waals surface area (Å²) in [6.07, 6.45) is 7.48. The summed E-state index contributed by atoms with van der Waals surface area (Å²) < 4.78 is 1.25. The number of amides is 1. The van der Waals surface area contributed by atoms with E-state index in [1.165, 1.54) is 15.0 Å². The molecule has 6 heteroatoms. The molecule has 2 aliphatic rings. The van der Waals surface area contributed by atoms with Gasteiger partial charge in [-0.2, -0.15) is 10.2 Å². The number of benzene rings is 1. The lowest BCUT2D eigenvalue weighted by molar-refractivity contribution is 0.263. The highest BCUT2D eigenvalue weighted by atomic mass is 32.2. The van der Waals surface area contributed by atoms with Gasteiger partial charge in [0.1, 0.15) is 0 Å². The monoisotopic (exact) mass is 339 g/mol. The van der Waals surface area contributed by atoms with E-state index in [0.29, 0.717) is 0 Å². The molecule has 1 amide bonds. The van der Waals surface area contributed by atoms with E-state index in [0.717, 1.165) is 28.7 Å². The molecule has 4 rings (SSSR count). The van der Waals surface area contributed by atoms with Crippen LogP contribution in [0.1, 0.15) is 10.8 Å². The molecule has 1 N–H and O–H groups in total. The smallest absolute Gasteiger partial charge is 0.283 e. The third-order valence-corrected chi connectivity index (χ3v) is 5.46. The Kier molecular flexibility index (Phi) is 3.63. The molecule has 23 heavy (non-hydrogen) atoms. The van der Waals surface area contributed by atoms with Gasteiger partial charge in [-0.15, -0.1) is 11.3 Å². The van der Waals surface area contributed by atoms with Gasteiger partial charge in [-0.25, -0.2) is 0 Å². The summed E-state index contributed by atoms with van der Waals surface area (Å²) in [5.41, 5.74) is 2.71. The van der Waals surface area contributed by atoms with Crippen molar-refractivity contribution < 1.29 is 4.79 Å². The molecular formula is C17H13N3OS2. The number of carbonyl (C=O) groups excluding carboxylic acids is 1. The molecule has 4 nitrogen and oxygen atoms in total. The maximum Gasteiger partial charge on any atom is 0.283 e. The molecule has 0 saturated heterocycles. The van der Waals surface area contributed by atoms with E-state index in [4.69, 9.17) is 0 Å². The number of carbonyl (C=O) groups is 1. The van der Waals surface area contributed by atoms with Crippen LogP contribution in [0.25, 0.3) is 10.1 Å². The maximum absolute atomic E-state index is 11.7. The van der Waals surface area contributed by atoms with Crippen molar-refractivity contribution in [3.8, 4) is 0 Å². The fourth-order valence-electron chi connectivity index (χ4n) is 2.72. The molecule has 0 fully saturated rings. The highest BCUT2D eigenvalue weighted by Gasteiger charge is 2.28. The topological polar surface area (TPSA) is 53.8 Å². The summed E-state index contributed by atoms with van der Waals surface area (Å²) in [5.74, 6) is 0.0204. The number of rotatable bonds is 2. The van der Waals surface area contributed by atoms with Gasteiger partial charge in [0.15, 0.2) is 0 Å². The van der Waals surface area contributed by atoms with Gasteiger partial charge in [0.2, 0.25) is 0 Å². The number of thioether (sulfide) groups is 1. The van der Waals surface area contributed by atoms with E-state index in [-0.39, 0.29) is 11.2 Å². The molecule has 0 spiro atoms. The molecule has 1 aliphatic carbocycles. The Labute approximate surface area is 141 Å². The van der Waals surface area contributed by atoms with Crippen LogP contribution in [0.4, 0.5) is 4.79 Å². The highest BCUT2D eigenvalue weighted by molar-refractivity contribution is 8.13. The van der Waals surface area contributed by atoms with Gasteiger partial charge in [-0.1, -0.05) is 30.0 Å². The average molecular weight is 339 g/mol. The molecule has 114 valence electrons. The average Bonchev–Trinajstić information content (AvgIpc) is 3.20. The van der Waals surface area contributed by atoms with Crippen molar-refractivity contribution >= 4 is 50.4 Å². The minimum absolute atomic E-state index is 0.0204. The first-order chi connectivity index (χ1) is 11.2. The molecule has 1 aromatic heterocycles. The Hall–Kier alpha value is -2.18. The van der Waals surface area contributed by atoms with Crippen LogP contribution in [0.3, 0.4) is 0 Å². The van der Waals surface area contributed by atoms with Crippen LogP contribution in [0, 0.1) is 0 Å². The minimum atomic E-state index is -0.0708. The van der Waals surface area contributed by atoms with Gasteiger partial charge in [-0.05, 0) is 35.9 Å². The van der Waals surface area contributed by atoms with Crippen LogP contribution in [-0.4, -0.2) is 23.4 Å². The third kappa shape index (κ3) is 2.64. The lowest BCUT2D eigenvalue weighted by atomic mass is 9.90. The van der Waals surface area contributed by atoms with E-state index in [2.05, 4.69) is 39.8 Å². The van der Waals surface area contributed by atoms with Gasteiger partial charge in [0.05, 0.1) is 17.8 Å². The fraction of sp³-hybridized carbons (Fsp3) is 0.118. The second-order valence-electron chi connectivity index (χ2n) is 5.23. The first kappa shape index (κ1) is 14.4. The van der Waals surface area contributed by atoms with E-state index in [1.54, 1.807) is 23.8 Å². The SMILES string of the molecule is CSC(=O)NC1=CC(c2cc3ccccc3s2)C2=NN=CC2=C1. The molecule has 2 heterocycles. The van der Waals surface area contributed by atoms with Crippen LogP contribution in [0.2, 0.25) is 0 Å². The first-order valence-corrected chi connectivity index (χ1v) is 9.17. The molecule has 2 aromatic rings. The maximum atomic E-state index is 11.7. The largest absolute Gasteiger partial charge is 0.317 e. The molecule has 1 atom stereocenters. The molecular weight excluding hydrogens is 326 g/mol. The predicted octanol–water partition coefficient (Wildman–Crippen LogP) is 4.32. The van der Waals surface area contributed by atoms with E-state index < -0.39 is 0 Å². The summed E-state index contributed by atoms with van der Waals surface area (Å²) in [6, 6.07) is 10.5. The number of nitrogens with one attached hydrogen (secondary N) is 1. The lowest BCUT2D eigenvalue weighted by Crippen LogP contribution is -2.23. The second-order valence-corrected chi connectivity index (χ2v) is 7.13. The summed E-state index contributed by atoms with van der Waals surface area (Å²) in [6.45, 7) is 0. The van der Waals surface area contributed by atoms with Crippen molar-refractivity contribution in [2.45, 2.75) is 5.92 Å². The number of thiophene rings is 1. The zero-order valence-corrected chi connectivity index (χ0v) is 13.9. The van der Waals surface area contributed by atoms with Gasteiger partial charge >= 0.3 is 0 Å². The van der Waals surface area contributed by atoms with Gasteiger partial charge in [-0.3, -0.25) is 4.79 Å². The molecule has 1 aromatic carbocycles. The summed E-state index contributed by atoms with van der Waals surface area (Å²) in [4.78, 5) is 12.9. The van der Waals surface area contributed by atoms with E-state index >= 15 is 0 Å². The van der Waals surface area contributed by atoms with E-state index in [9.17, 15) is 4.79 Å². The van der Waals surface area contributed by atoms with Gasteiger partial charge < -0.3 is 5.32 Å². The first-order valence-electron chi connectivity index (χ1n) is 7.13. The van der Waals surface area contributed by atoms with Crippen LogP contribution < -0.4 is 5.32 Å². The lowest BCUT2D eigenvalue weighted by Gasteiger charge is -2.19. The van der Waals surface area contributed by atoms with Crippen LogP contribution in [0.15, 0.2) is 64.0 Å². The van der Waals surface area contributed by atoms with Crippen molar-refractivity contribution in [1.29, 1.82) is 0 Å². The Morgan fingerprint density at radius 2 is 2.22 bits per heavy atom. The zero-order valence-electron chi connectivity index (χ0n) is 12.3. The predicted molar refractivity (Wildman–Crippen MR) is 98.7 cm³/mol. The van der Waals surface area contributed by atoms with Crippen molar-refractivity contribution in [1.82, 2.24) is 5.32 Å². The van der Waals surface area contributed by atoms with Crippen molar-refractivity contribution in [2.24, 2.45) is 10.2 Å². The molecule has 0 radical (unpaired) electrons. The van der Waals surface area contributed by atoms with Crippen LogP contribution in [-0.2, 0) is 0 Å². The van der Waals surface area contributed by atoms with Gasteiger partial charge in [0, 0.05) is 20.8 Å². The quantitative estimate of drug-likeness (QED) is 0.886. The number of nitrogens with zero attached hydrogens (tertiary/aromatic N) is 2. The Morgan fingerprint density at radius 1 is 1.35 bits per heavy atom. The third-order valence-electron chi connectivity index (χ3n) is 3.79. The zero-order chi connectivity index (χ0) is 15.8. The number of fused-ring (bicyclic) bond motifs is 2.